The van der Waals surface area contributed by atoms with Gasteiger partial charge in [-0.05, 0) is 31.9 Å². The molecule has 1 aromatic rings. The molecular weight excluding hydrogens is 396 g/mol. The Morgan fingerprint density at radius 2 is 1.20 bits per heavy atom. The maximum Gasteiger partial charge on any atom is 0.224 e. The fraction of sp³-hybridized carbons (Fsp3) is 0.333. The van der Waals surface area contributed by atoms with Gasteiger partial charge in [0.25, 0.3) is 0 Å². The van der Waals surface area contributed by atoms with Gasteiger partial charge in [0.15, 0.2) is 11.5 Å². The van der Waals surface area contributed by atoms with Crippen molar-refractivity contribution >= 4 is 55.0 Å². The Hall–Kier alpha value is -1.28. The number of rotatable bonds is 4. The summed E-state index contributed by atoms with van der Waals surface area (Å²) in [7, 11) is 0. The zero-order chi connectivity index (χ0) is 15.4. The number of phenolic OH excluding ortho intramolecular Hbond substituents is 2. The van der Waals surface area contributed by atoms with Crippen molar-refractivity contribution in [3.05, 3.63) is 8.95 Å². The summed E-state index contributed by atoms with van der Waals surface area (Å²) in [4.78, 5) is 22.8. The normalized spacial score (nSPS) is 10.2. The highest BCUT2D eigenvalue weighted by Crippen LogP contribution is 2.50. The van der Waals surface area contributed by atoms with Crippen molar-refractivity contribution in [2.45, 2.75) is 26.7 Å². The van der Waals surface area contributed by atoms with Crippen molar-refractivity contribution in [1.29, 1.82) is 0 Å². The Balaban J connectivity index is 3.33. The largest absolute Gasteiger partial charge is 0.505 e. The second-order valence-corrected chi connectivity index (χ2v) is 5.46. The first kappa shape index (κ1) is 16.8. The predicted molar refractivity (Wildman–Crippen MR) is 83.0 cm³/mol. The van der Waals surface area contributed by atoms with E-state index in [9.17, 15) is 19.8 Å². The van der Waals surface area contributed by atoms with Crippen LogP contribution in [-0.2, 0) is 9.59 Å². The average Bonchev–Trinajstić information content (AvgIpc) is 2.45. The summed E-state index contributed by atoms with van der Waals surface area (Å²) in [6, 6.07) is 0. The SMILES string of the molecule is CCC(=O)Nc1c(O)c(Br)c(NC(=O)CC)c(O)c1Br. The van der Waals surface area contributed by atoms with Gasteiger partial charge in [0.2, 0.25) is 11.8 Å². The summed E-state index contributed by atoms with van der Waals surface area (Å²) >= 11 is 6.18. The molecule has 0 saturated carbocycles. The van der Waals surface area contributed by atoms with E-state index in [-0.39, 0.29) is 56.5 Å². The summed E-state index contributed by atoms with van der Waals surface area (Å²) in [5.74, 6) is -1.22. The van der Waals surface area contributed by atoms with Crippen molar-refractivity contribution in [2.24, 2.45) is 0 Å². The van der Waals surface area contributed by atoms with E-state index in [0.717, 1.165) is 0 Å². The molecule has 20 heavy (non-hydrogen) atoms. The Morgan fingerprint density at radius 1 is 0.900 bits per heavy atom. The maximum absolute atomic E-state index is 11.4. The van der Waals surface area contributed by atoms with E-state index in [0.29, 0.717) is 0 Å². The molecule has 0 aliphatic heterocycles. The number of aromatic hydroxyl groups is 2. The molecule has 0 aromatic heterocycles. The van der Waals surface area contributed by atoms with Gasteiger partial charge in [0, 0.05) is 12.8 Å². The lowest BCUT2D eigenvalue weighted by Gasteiger charge is -2.16. The molecular formula is C12H14Br2N2O4. The molecule has 0 aliphatic carbocycles. The highest BCUT2D eigenvalue weighted by atomic mass is 79.9. The van der Waals surface area contributed by atoms with Gasteiger partial charge in [-0.3, -0.25) is 9.59 Å². The molecule has 0 atom stereocenters. The minimum Gasteiger partial charge on any atom is -0.505 e. The molecule has 0 fully saturated rings. The number of hydrogen-bond donors (Lipinski definition) is 4. The quantitative estimate of drug-likeness (QED) is 0.452. The van der Waals surface area contributed by atoms with Gasteiger partial charge in [-0.1, -0.05) is 13.8 Å². The van der Waals surface area contributed by atoms with E-state index in [1.165, 1.54) is 0 Å². The van der Waals surface area contributed by atoms with Crippen LogP contribution in [0.3, 0.4) is 0 Å². The number of anilines is 2. The van der Waals surface area contributed by atoms with Gasteiger partial charge in [0.05, 0.1) is 8.95 Å². The van der Waals surface area contributed by atoms with Crippen LogP contribution < -0.4 is 10.6 Å². The van der Waals surface area contributed by atoms with E-state index >= 15 is 0 Å². The smallest absolute Gasteiger partial charge is 0.224 e. The molecule has 2 amide bonds. The molecule has 8 heteroatoms. The van der Waals surface area contributed by atoms with Crippen LogP contribution in [0.15, 0.2) is 8.95 Å². The van der Waals surface area contributed by atoms with E-state index in [1.807, 2.05) is 0 Å². The minimum absolute atomic E-state index is 0.0377. The van der Waals surface area contributed by atoms with Crippen molar-refractivity contribution in [3.8, 4) is 11.5 Å². The highest BCUT2D eigenvalue weighted by molar-refractivity contribution is 9.11. The topological polar surface area (TPSA) is 98.7 Å². The molecule has 6 nitrogen and oxygen atoms in total. The summed E-state index contributed by atoms with van der Waals surface area (Å²) in [5, 5.41) is 25.1. The standard InChI is InChI=1S/C12H14Br2N2O4/c1-3-5(17)15-9-7(13)12(20)10(8(14)11(9)19)16-6(18)4-2/h19-20H,3-4H2,1-2H3,(H,15,17)(H,16,18). The lowest BCUT2D eigenvalue weighted by Crippen LogP contribution is -2.13. The predicted octanol–water partition coefficient (Wildman–Crippen LogP) is 3.32. The van der Waals surface area contributed by atoms with Crippen molar-refractivity contribution in [2.75, 3.05) is 10.6 Å². The zero-order valence-corrected chi connectivity index (χ0v) is 14.1. The molecule has 0 aliphatic rings. The van der Waals surface area contributed by atoms with Gasteiger partial charge < -0.3 is 20.8 Å². The van der Waals surface area contributed by atoms with Crippen molar-refractivity contribution in [1.82, 2.24) is 0 Å². The molecule has 1 aromatic carbocycles. The van der Waals surface area contributed by atoms with E-state index in [4.69, 9.17) is 0 Å². The Labute approximate surface area is 132 Å². The van der Waals surface area contributed by atoms with Crippen LogP contribution in [0.25, 0.3) is 0 Å². The van der Waals surface area contributed by atoms with Crippen LogP contribution in [0.1, 0.15) is 26.7 Å². The third-order valence-corrected chi connectivity index (χ3v) is 4.04. The second-order valence-electron chi connectivity index (χ2n) is 3.88. The molecule has 110 valence electrons. The van der Waals surface area contributed by atoms with Gasteiger partial charge >= 0.3 is 0 Å². The van der Waals surface area contributed by atoms with Gasteiger partial charge in [0.1, 0.15) is 11.4 Å². The number of nitrogens with one attached hydrogen (secondary N) is 2. The Bertz CT molecular complexity index is 483. The van der Waals surface area contributed by atoms with E-state index in [2.05, 4.69) is 42.5 Å². The van der Waals surface area contributed by atoms with Crippen LogP contribution in [0.4, 0.5) is 11.4 Å². The molecule has 0 heterocycles. The van der Waals surface area contributed by atoms with Gasteiger partial charge in [-0.2, -0.15) is 0 Å². The number of hydrogen-bond acceptors (Lipinski definition) is 4. The number of phenols is 2. The van der Waals surface area contributed by atoms with Crippen LogP contribution in [0, 0.1) is 0 Å². The fourth-order valence-corrected chi connectivity index (χ4v) is 2.32. The first-order valence-electron chi connectivity index (χ1n) is 5.85. The molecule has 0 radical (unpaired) electrons. The lowest BCUT2D eigenvalue weighted by molar-refractivity contribution is -0.116. The highest BCUT2D eigenvalue weighted by Gasteiger charge is 2.23. The summed E-state index contributed by atoms with van der Waals surface area (Å²) in [5.41, 5.74) is 0.0754. The number of benzene rings is 1. The third kappa shape index (κ3) is 3.43. The van der Waals surface area contributed by atoms with Crippen LogP contribution in [0.2, 0.25) is 0 Å². The molecule has 4 N–H and O–H groups in total. The van der Waals surface area contributed by atoms with Gasteiger partial charge in [-0.15, -0.1) is 0 Å². The number of carbonyl (C=O) groups is 2. The lowest BCUT2D eigenvalue weighted by atomic mass is 10.2. The average molecular weight is 410 g/mol. The van der Waals surface area contributed by atoms with E-state index in [1.54, 1.807) is 13.8 Å². The van der Waals surface area contributed by atoms with Crippen molar-refractivity contribution in [3.63, 3.8) is 0 Å². The fourth-order valence-electron chi connectivity index (χ4n) is 1.35. The monoisotopic (exact) mass is 408 g/mol. The first-order chi connectivity index (χ1) is 9.33. The van der Waals surface area contributed by atoms with Crippen LogP contribution in [0.5, 0.6) is 11.5 Å². The zero-order valence-electron chi connectivity index (χ0n) is 10.9. The Morgan fingerprint density at radius 3 is 1.45 bits per heavy atom. The van der Waals surface area contributed by atoms with Gasteiger partial charge in [-0.25, -0.2) is 0 Å². The molecule has 1 rings (SSSR count). The molecule has 0 spiro atoms. The maximum atomic E-state index is 11.4. The summed E-state index contributed by atoms with van der Waals surface area (Å²) in [6.07, 6.45) is 0.442. The van der Waals surface area contributed by atoms with Crippen molar-refractivity contribution < 1.29 is 19.8 Å². The van der Waals surface area contributed by atoms with E-state index < -0.39 is 0 Å². The van der Waals surface area contributed by atoms with Crippen LogP contribution >= 0.6 is 31.9 Å². The number of carbonyl (C=O) groups excluding carboxylic acids is 2. The summed E-state index contributed by atoms with van der Waals surface area (Å²) in [6.45, 7) is 3.32. The molecule has 0 bridgehead atoms. The molecule has 0 unspecified atom stereocenters. The molecule has 0 saturated heterocycles. The summed E-state index contributed by atoms with van der Waals surface area (Å²) < 4.78 is 0.179. The minimum atomic E-state index is -0.322. The number of halogens is 2. The van der Waals surface area contributed by atoms with Crippen LogP contribution in [-0.4, -0.2) is 22.0 Å². The first-order valence-corrected chi connectivity index (χ1v) is 7.44. The second kappa shape index (κ2) is 6.94. The number of amides is 2. The third-order valence-electron chi connectivity index (χ3n) is 2.50. The Kier molecular flexibility index (Phi) is 5.82.